The van der Waals surface area contributed by atoms with E-state index in [1.807, 2.05) is 30.0 Å². The smallest absolute Gasteiger partial charge is 0.0408 e. The van der Waals surface area contributed by atoms with Gasteiger partial charge in [0.05, 0.1) is 0 Å². The van der Waals surface area contributed by atoms with E-state index in [4.69, 9.17) is 17.3 Å². The van der Waals surface area contributed by atoms with Crippen molar-refractivity contribution in [3.8, 4) is 0 Å². The van der Waals surface area contributed by atoms with Crippen molar-refractivity contribution in [1.29, 1.82) is 0 Å². The molecule has 0 aliphatic rings. The van der Waals surface area contributed by atoms with Crippen LogP contribution in [0.3, 0.4) is 0 Å². The van der Waals surface area contributed by atoms with Crippen LogP contribution in [0.4, 0.5) is 0 Å². The number of hydrogen-bond acceptors (Lipinski definition) is 2. The molecular weight excluding hydrogens is 226 g/mol. The molecule has 0 aromatic heterocycles. The van der Waals surface area contributed by atoms with Crippen molar-refractivity contribution in [1.82, 2.24) is 0 Å². The highest BCUT2D eigenvalue weighted by atomic mass is 35.5. The minimum absolute atomic E-state index is 0.252. The summed E-state index contributed by atoms with van der Waals surface area (Å²) in [5.74, 6) is 2.32. The van der Waals surface area contributed by atoms with Gasteiger partial charge >= 0.3 is 0 Å². The number of rotatable bonds is 6. The lowest BCUT2D eigenvalue weighted by Crippen LogP contribution is -2.23. The Kier molecular flexibility index (Phi) is 6.15. The van der Waals surface area contributed by atoms with Gasteiger partial charge in [0.2, 0.25) is 0 Å². The predicted molar refractivity (Wildman–Crippen MR) is 70.7 cm³/mol. The van der Waals surface area contributed by atoms with Gasteiger partial charge in [-0.3, -0.25) is 0 Å². The Morgan fingerprint density at radius 3 is 2.93 bits per heavy atom. The minimum atomic E-state index is 0.252. The van der Waals surface area contributed by atoms with Crippen LogP contribution >= 0.6 is 23.4 Å². The number of halogens is 1. The van der Waals surface area contributed by atoms with Crippen LogP contribution in [-0.4, -0.2) is 17.5 Å². The zero-order valence-electron chi connectivity index (χ0n) is 9.08. The van der Waals surface area contributed by atoms with Gasteiger partial charge in [0.15, 0.2) is 0 Å². The molecule has 0 aliphatic carbocycles. The fourth-order valence-electron chi connectivity index (χ4n) is 1.45. The summed E-state index contributed by atoms with van der Waals surface area (Å²) in [7, 11) is 0. The quantitative estimate of drug-likeness (QED) is 0.776. The molecule has 1 aromatic carbocycles. The van der Waals surface area contributed by atoms with Crippen LogP contribution in [-0.2, 0) is 6.42 Å². The first-order valence-corrected chi connectivity index (χ1v) is 6.83. The molecule has 1 unspecified atom stereocenters. The van der Waals surface area contributed by atoms with E-state index in [1.54, 1.807) is 0 Å². The Morgan fingerprint density at radius 2 is 2.27 bits per heavy atom. The second kappa shape index (κ2) is 7.15. The first-order chi connectivity index (χ1) is 7.22. The number of nitrogens with two attached hydrogens (primary N) is 1. The van der Waals surface area contributed by atoms with E-state index >= 15 is 0 Å². The Morgan fingerprint density at radius 1 is 1.47 bits per heavy atom. The van der Waals surface area contributed by atoms with Gasteiger partial charge in [-0.05, 0) is 42.0 Å². The monoisotopic (exact) mass is 243 g/mol. The van der Waals surface area contributed by atoms with E-state index in [0.29, 0.717) is 0 Å². The average molecular weight is 244 g/mol. The highest BCUT2D eigenvalue weighted by Gasteiger charge is 2.04. The first kappa shape index (κ1) is 12.9. The lowest BCUT2D eigenvalue weighted by molar-refractivity contribution is 0.652. The molecule has 1 nitrogen and oxygen atoms in total. The van der Waals surface area contributed by atoms with Crippen molar-refractivity contribution in [2.24, 2.45) is 5.73 Å². The maximum absolute atomic E-state index is 6.04. The molecule has 0 saturated carbocycles. The average Bonchev–Trinajstić information content (AvgIpc) is 2.18. The van der Waals surface area contributed by atoms with Gasteiger partial charge in [-0.2, -0.15) is 11.8 Å². The summed E-state index contributed by atoms with van der Waals surface area (Å²) in [6.45, 7) is 2.17. The Balaban J connectivity index is 2.34. The zero-order valence-corrected chi connectivity index (χ0v) is 10.7. The summed E-state index contributed by atoms with van der Waals surface area (Å²) in [6.07, 6.45) is 2.00. The maximum atomic E-state index is 6.04. The minimum Gasteiger partial charge on any atom is -0.327 e. The predicted octanol–water partition coefficient (Wildman–Crippen LogP) is 3.35. The van der Waals surface area contributed by atoms with E-state index in [1.165, 1.54) is 11.3 Å². The van der Waals surface area contributed by atoms with E-state index < -0.39 is 0 Å². The topological polar surface area (TPSA) is 26.0 Å². The molecule has 0 aliphatic heterocycles. The standard InChI is InChI=1S/C12H18ClNS/c1-2-15-7-6-12(14)9-10-4-3-5-11(13)8-10/h3-5,8,12H,2,6-7,9,14H2,1H3. The van der Waals surface area contributed by atoms with Crippen LogP contribution < -0.4 is 5.73 Å². The largest absolute Gasteiger partial charge is 0.327 e. The van der Waals surface area contributed by atoms with Gasteiger partial charge in [-0.1, -0.05) is 30.7 Å². The van der Waals surface area contributed by atoms with Gasteiger partial charge in [-0.25, -0.2) is 0 Å². The molecule has 0 amide bonds. The third-order valence-corrected chi connectivity index (χ3v) is 3.39. The molecule has 0 fully saturated rings. The summed E-state index contributed by atoms with van der Waals surface area (Å²) in [4.78, 5) is 0. The van der Waals surface area contributed by atoms with Gasteiger partial charge in [0, 0.05) is 11.1 Å². The molecule has 0 heterocycles. The Labute approximate surface area is 101 Å². The van der Waals surface area contributed by atoms with Gasteiger partial charge in [0.25, 0.3) is 0 Å². The van der Waals surface area contributed by atoms with Crippen molar-refractivity contribution in [2.75, 3.05) is 11.5 Å². The molecule has 0 spiro atoms. The highest BCUT2D eigenvalue weighted by molar-refractivity contribution is 7.99. The summed E-state index contributed by atoms with van der Waals surface area (Å²) in [5, 5.41) is 0.794. The zero-order chi connectivity index (χ0) is 11.1. The fourth-order valence-corrected chi connectivity index (χ4v) is 2.42. The Bertz CT molecular complexity index is 291. The van der Waals surface area contributed by atoms with Crippen molar-refractivity contribution in [2.45, 2.75) is 25.8 Å². The fraction of sp³-hybridized carbons (Fsp3) is 0.500. The second-order valence-corrected chi connectivity index (χ2v) is 5.41. The lowest BCUT2D eigenvalue weighted by Gasteiger charge is -2.11. The normalized spacial score (nSPS) is 12.7. The number of benzene rings is 1. The molecule has 84 valence electrons. The third-order valence-electron chi connectivity index (χ3n) is 2.22. The SMILES string of the molecule is CCSCCC(N)Cc1cccc(Cl)c1. The summed E-state index contributed by atoms with van der Waals surface area (Å²) in [6, 6.07) is 8.20. The number of thioether (sulfide) groups is 1. The van der Waals surface area contributed by atoms with Gasteiger partial charge in [-0.15, -0.1) is 0 Å². The summed E-state index contributed by atoms with van der Waals surface area (Å²) < 4.78 is 0. The molecule has 0 bridgehead atoms. The van der Waals surface area contributed by atoms with Crippen molar-refractivity contribution in [3.05, 3.63) is 34.9 Å². The van der Waals surface area contributed by atoms with Crippen LogP contribution in [0.2, 0.25) is 5.02 Å². The molecule has 1 aromatic rings. The third kappa shape index (κ3) is 5.45. The molecular formula is C12H18ClNS. The Hall–Kier alpha value is -0.180. The number of hydrogen-bond donors (Lipinski definition) is 1. The second-order valence-electron chi connectivity index (χ2n) is 3.58. The molecule has 0 radical (unpaired) electrons. The highest BCUT2D eigenvalue weighted by Crippen LogP contribution is 2.13. The van der Waals surface area contributed by atoms with Crippen LogP contribution in [0.1, 0.15) is 18.9 Å². The van der Waals surface area contributed by atoms with Crippen LogP contribution in [0.25, 0.3) is 0 Å². The summed E-state index contributed by atoms with van der Waals surface area (Å²) >= 11 is 7.85. The molecule has 1 atom stereocenters. The van der Waals surface area contributed by atoms with E-state index in [2.05, 4.69) is 13.0 Å². The van der Waals surface area contributed by atoms with Crippen LogP contribution in [0, 0.1) is 0 Å². The van der Waals surface area contributed by atoms with Gasteiger partial charge in [0.1, 0.15) is 0 Å². The van der Waals surface area contributed by atoms with Crippen molar-refractivity contribution < 1.29 is 0 Å². The van der Waals surface area contributed by atoms with E-state index in [0.717, 1.165) is 23.6 Å². The molecule has 15 heavy (non-hydrogen) atoms. The van der Waals surface area contributed by atoms with Crippen molar-refractivity contribution in [3.63, 3.8) is 0 Å². The molecule has 3 heteroatoms. The summed E-state index contributed by atoms with van der Waals surface area (Å²) in [5.41, 5.74) is 7.27. The van der Waals surface area contributed by atoms with Crippen LogP contribution in [0.5, 0.6) is 0 Å². The maximum Gasteiger partial charge on any atom is 0.0408 e. The van der Waals surface area contributed by atoms with Crippen molar-refractivity contribution >= 4 is 23.4 Å². The first-order valence-electron chi connectivity index (χ1n) is 5.30. The molecule has 1 rings (SSSR count). The molecule has 0 saturated heterocycles. The van der Waals surface area contributed by atoms with Crippen LogP contribution in [0.15, 0.2) is 24.3 Å². The molecule has 2 N–H and O–H groups in total. The lowest BCUT2D eigenvalue weighted by atomic mass is 10.1. The van der Waals surface area contributed by atoms with E-state index in [9.17, 15) is 0 Å². The van der Waals surface area contributed by atoms with Gasteiger partial charge < -0.3 is 5.73 Å². The van der Waals surface area contributed by atoms with E-state index in [-0.39, 0.29) is 6.04 Å².